The largest absolute Gasteiger partial charge is 0.350 e. The number of hydrogen-bond acceptors (Lipinski definition) is 2. The molecule has 0 saturated carbocycles. The zero-order valence-electron chi connectivity index (χ0n) is 15.4. The van der Waals surface area contributed by atoms with E-state index < -0.39 is 0 Å². The predicted octanol–water partition coefficient (Wildman–Crippen LogP) is 4.00. The summed E-state index contributed by atoms with van der Waals surface area (Å²) in [7, 11) is 0. The summed E-state index contributed by atoms with van der Waals surface area (Å²) in [5, 5.41) is 7.48. The molecule has 1 aromatic heterocycles. The Hall–Kier alpha value is -3.02. The van der Waals surface area contributed by atoms with Crippen molar-refractivity contribution in [3.8, 4) is 5.69 Å². The molecule has 1 aliphatic rings. The van der Waals surface area contributed by atoms with Gasteiger partial charge < -0.3 is 5.32 Å². The highest BCUT2D eigenvalue weighted by atomic mass is 19.1. The zero-order valence-corrected chi connectivity index (χ0v) is 15.4. The number of halogens is 2. The Bertz CT molecular complexity index is 978. The third-order valence-corrected chi connectivity index (χ3v) is 5.08. The minimum atomic E-state index is -0.302. The van der Waals surface area contributed by atoms with Crippen molar-refractivity contribution in [2.45, 2.75) is 32.1 Å². The summed E-state index contributed by atoms with van der Waals surface area (Å²) in [5.41, 5.74) is 4.17. The Morgan fingerprint density at radius 2 is 1.61 bits per heavy atom. The first-order valence-electron chi connectivity index (χ1n) is 9.51. The van der Waals surface area contributed by atoms with Gasteiger partial charge in [0.25, 0.3) is 5.91 Å². The Morgan fingerprint density at radius 1 is 0.964 bits per heavy atom. The summed E-state index contributed by atoms with van der Waals surface area (Å²) >= 11 is 0. The van der Waals surface area contributed by atoms with E-state index in [2.05, 4.69) is 10.4 Å². The molecule has 144 valence electrons. The van der Waals surface area contributed by atoms with Gasteiger partial charge in [0, 0.05) is 17.8 Å². The summed E-state index contributed by atoms with van der Waals surface area (Å²) < 4.78 is 28.0. The van der Waals surface area contributed by atoms with Crippen molar-refractivity contribution in [2.24, 2.45) is 0 Å². The molecule has 2 aromatic carbocycles. The number of carbonyl (C=O) groups excluding carboxylic acids is 1. The van der Waals surface area contributed by atoms with E-state index in [0.717, 1.165) is 48.2 Å². The highest BCUT2D eigenvalue weighted by molar-refractivity contribution is 5.94. The number of nitrogens with zero attached hydrogens (tertiary/aromatic N) is 2. The number of benzene rings is 2. The van der Waals surface area contributed by atoms with Crippen LogP contribution in [0.5, 0.6) is 0 Å². The van der Waals surface area contributed by atoms with Crippen LogP contribution < -0.4 is 5.32 Å². The van der Waals surface area contributed by atoms with Crippen molar-refractivity contribution in [1.82, 2.24) is 15.1 Å². The van der Waals surface area contributed by atoms with E-state index in [1.165, 1.54) is 24.3 Å². The van der Waals surface area contributed by atoms with E-state index in [-0.39, 0.29) is 17.5 Å². The normalized spacial score (nSPS) is 13.2. The van der Waals surface area contributed by atoms with Crippen LogP contribution in [0, 0.1) is 11.6 Å². The van der Waals surface area contributed by atoms with Gasteiger partial charge in [0.1, 0.15) is 11.6 Å². The fourth-order valence-electron chi connectivity index (χ4n) is 3.63. The van der Waals surface area contributed by atoms with Gasteiger partial charge >= 0.3 is 0 Å². The van der Waals surface area contributed by atoms with Gasteiger partial charge in [0.05, 0.1) is 5.69 Å². The van der Waals surface area contributed by atoms with E-state index in [0.29, 0.717) is 18.7 Å². The van der Waals surface area contributed by atoms with E-state index >= 15 is 0 Å². The predicted molar refractivity (Wildman–Crippen MR) is 103 cm³/mol. The van der Waals surface area contributed by atoms with Crippen LogP contribution in [-0.4, -0.2) is 22.2 Å². The zero-order chi connectivity index (χ0) is 19.5. The molecule has 0 fully saturated rings. The molecule has 4 rings (SSSR count). The molecule has 0 saturated heterocycles. The second-order valence-electron chi connectivity index (χ2n) is 7.00. The molecular weight excluding hydrogens is 360 g/mol. The molecule has 1 N–H and O–H groups in total. The lowest BCUT2D eigenvalue weighted by molar-refractivity contribution is 0.0947. The summed E-state index contributed by atoms with van der Waals surface area (Å²) in [5.74, 6) is -0.782. The molecule has 0 spiro atoms. The maximum atomic E-state index is 13.3. The fraction of sp³-hybridized carbons (Fsp3) is 0.273. The van der Waals surface area contributed by atoms with Gasteiger partial charge in [-0.25, -0.2) is 13.5 Å². The number of amides is 1. The lowest BCUT2D eigenvalue weighted by Crippen LogP contribution is -2.27. The molecular formula is C22H21F2N3O. The van der Waals surface area contributed by atoms with Crippen LogP contribution in [0.25, 0.3) is 5.69 Å². The van der Waals surface area contributed by atoms with E-state index in [1.807, 2.05) is 0 Å². The average Bonchev–Trinajstić information content (AvgIpc) is 3.10. The number of aromatic nitrogens is 2. The smallest absolute Gasteiger partial charge is 0.272 e. The number of carbonyl (C=O) groups is 1. The summed E-state index contributed by atoms with van der Waals surface area (Å²) in [6, 6.07) is 12.4. The molecule has 0 radical (unpaired) electrons. The second kappa shape index (κ2) is 7.92. The lowest BCUT2D eigenvalue weighted by Gasteiger charge is -2.14. The van der Waals surface area contributed by atoms with Gasteiger partial charge in [0.2, 0.25) is 0 Å². The molecule has 0 unspecified atom stereocenters. The Morgan fingerprint density at radius 3 is 2.32 bits per heavy atom. The molecule has 1 aliphatic carbocycles. The number of rotatable bonds is 5. The van der Waals surface area contributed by atoms with Gasteiger partial charge in [-0.05, 0) is 74.1 Å². The molecule has 4 nitrogen and oxygen atoms in total. The molecule has 0 aliphatic heterocycles. The highest BCUT2D eigenvalue weighted by Crippen LogP contribution is 2.27. The number of nitrogens with one attached hydrogen (secondary N) is 1. The number of fused-ring (bicyclic) bond motifs is 1. The molecule has 3 aromatic rings. The van der Waals surface area contributed by atoms with Gasteiger partial charge in [0.15, 0.2) is 5.69 Å². The first-order chi connectivity index (χ1) is 13.6. The van der Waals surface area contributed by atoms with Crippen LogP contribution in [-0.2, 0) is 19.3 Å². The van der Waals surface area contributed by atoms with Gasteiger partial charge in [-0.3, -0.25) is 4.79 Å². The van der Waals surface area contributed by atoms with Crippen molar-refractivity contribution in [1.29, 1.82) is 0 Å². The van der Waals surface area contributed by atoms with Crippen LogP contribution in [0.1, 0.15) is 40.2 Å². The molecule has 1 heterocycles. The standard InChI is InChI=1S/C22H21F2N3O/c23-16-7-5-15(6-8-16)13-14-25-22(28)21-19-3-1-2-4-20(19)27(26-21)18-11-9-17(24)10-12-18/h5-12H,1-4,13-14H2,(H,25,28). The second-order valence-corrected chi connectivity index (χ2v) is 7.00. The fourth-order valence-corrected chi connectivity index (χ4v) is 3.63. The van der Waals surface area contributed by atoms with Crippen molar-refractivity contribution in [3.63, 3.8) is 0 Å². The van der Waals surface area contributed by atoms with Crippen LogP contribution in [0.2, 0.25) is 0 Å². The van der Waals surface area contributed by atoms with Crippen LogP contribution in [0.15, 0.2) is 48.5 Å². The third kappa shape index (κ3) is 3.81. The molecule has 0 bridgehead atoms. The Balaban J connectivity index is 1.52. The minimum Gasteiger partial charge on any atom is -0.350 e. The van der Waals surface area contributed by atoms with Crippen molar-refractivity contribution >= 4 is 5.91 Å². The maximum Gasteiger partial charge on any atom is 0.272 e. The van der Waals surface area contributed by atoms with E-state index in [4.69, 9.17) is 0 Å². The average molecular weight is 381 g/mol. The molecule has 0 atom stereocenters. The van der Waals surface area contributed by atoms with Gasteiger partial charge in [-0.2, -0.15) is 5.10 Å². The van der Waals surface area contributed by atoms with Crippen LogP contribution in [0.3, 0.4) is 0 Å². The topological polar surface area (TPSA) is 46.9 Å². The first kappa shape index (κ1) is 18.3. The summed E-state index contributed by atoms with van der Waals surface area (Å²) in [4.78, 5) is 12.8. The van der Waals surface area contributed by atoms with Gasteiger partial charge in [-0.15, -0.1) is 0 Å². The first-order valence-corrected chi connectivity index (χ1v) is 9.51. The Kier molecular flexibility index (Phi) is 5.19. The van der Waals surface area contributed by atoms with E-state index in [1.54, 1.807) is 28.9 Å². The van der Waals surface area contributed by atoms with Crippen LogP contribution in [0.4, 0.5) is 8.78 Å². The third-order valence-electron chi connectivity index (χ3n) is 5.08. The van der Waals surface area contributed by atoms with Crippen molar-refractivity contribution in [3.05, 3.63) is 82.7 Å². The SMILES string of the molecule is O=C(NCCc1ccc(F)cc1)c1nn(-c2ccc(F)cc2)c2c1CCCC2. The Labute approximate surface area is 162 Å². The quantitative estimate of drug-likeness (QED) is 0.726. The van der Waals surface area contributed by atoms with Crippen molar-refractivity contribution < 1.29 is 13.6 Å². The van der Waals surface area contributed by atoms with E-state index in [9.17, 15) is 13.6 Å². The van der Waals surface area contributed by atoms with Crippen molar-refractivity contribution in [2.75, 3.05) is 6.54 Å². The molecule has 1 amide bonds. The summed E-state index contributed by atoms with van der Waals surface area (Å²) in [6.07, 6.45) is 4.36. The molecule has 6 heteroatoms. The highest BCUT2D eigenvalue weighted by Gasteiger charge is 2.25. The monoisotopic (exact) mass is 381 g/mol. The lowest BCUT2D eigenvalue weighted by atomic mass is 9.95. The van der Waals surface area contributed by atoms with Crippen LogP contribution >= 0.6 is 0 Å². The summed E-state index contributed by atoms with van der Waals surface area (Å²) in [6.45, 7) is 0.447. The minimum absolute atomic E-state index is 0.207. The molecule has 28 heavy (non-hydrogen) atoms. The number of hydrogen-bond donors (Lipinski definition) is 1. The van der Waals surface area contributed by atoms with Gasteiger partial charge in [-0.1, -0.05) is 12.1 Å². The maximum absolute atomic E-state index is 13.3.